The molecule has 130 valence electrons. The highest BCUT2D eigenvalue weighted by molar-refractivity contribution is 5.90. The summed E-state index contributed by atoms with van der Waals surface area (Å²) in [6.07, 6.45) is 5.10. The molecule has 1 rings (SSSR count). The van der Waals surface area contributed by atoms with Crippen molar-refractivity contribution < 1.29 is 19.4 Å². The van der Waals surface area contributed by atoms with Crippen molar-refractivity contribution >= 4 is 5.97 Å². The Labute approximate surface area is 138 Å². The summed E-state index contributed by atoms with van der Waals surface area (Å²) >= 11 is 0. The third-order valence-corrected chi connectivity index (χ3v) is 4.13. The molecule has 0 bridgehead atoms. The van der Waals surface area contributed by atoms with E-state index in [4.69, 9.17) is 14.9 Å². The molecule has 0 saturated heterocycles. The van der Waals surface area contributed by atoms with Crippen molar-refractivity contribution in [2.24, 2.45) is 11.8 Å². The number of nitrogens with zero attached hydrogens (tertiary/aromatic N) is 2. The lowest BCUT2D eigenvalue weighted by Gasteiger charge is -2.23. The minimum atomic E-state index is -0.829. The average Bonchev–Trinajstić information content (AvgIpc) is 2.51. The fourth-order valence-electron chi connectivity index (χ4n) is 2.93. The van der Waals surface area contributed by atoms with E-state index in [1.807, 2.05) is 27.7 Å². The first-order chi connectivity index (χ1) is 10.9. The number of carbonyl (C=O) groups is 1. The molecule has 0 aliphatic heterocycles. The Morgan fingerprint density at radius 3 is 2.22 bits per heavy atom. The van der Waals surface area contributed by atoms with E-state index in [1.54, 1.807) is 0 Å². The molecule has 0 atom stereocenters. The average molecular weight is 325 g/mol. The van der Waals surface area contributed by atoms with Crippen LogP contribution < -0.4 is 0 Å². The second kappa shape index (κ2) is 9.51. The summed E-state index contributed by atoms with van der Waals surface area (Å²) in [5.41, 5.74) is -0.480. The second-order valence-corrected chi connectivity index (χ2v) is 6.82. The molecule has 23 heavy (non-hydrogen) atoms. The monoisotopic (exact) mass is 325 g/mol. The number of rotatable bonds is 7. The highest BCUT2D eigenvalue weighted by Crippen LogP contribution is 2.22. The maximum absolute atomic E-state index is 12.1. The van der Waals surface area contributed by atoms with Gasteiger partial charge in [0.05, 0.1) is 6.10 Å². The number of hydrogen-bond donors (Lipinski definition) is 1. The smallest absolute Gasteiger partial charge is 0.503 e. The quantitative estimate of drug-likeness (QED) is 0.328. The molecule has 0 spiro atoms. The molecule has 1 saturated carbocycles. The molecule has 0 amide bonds. The van der Waals surface area contributed by atoms with Crippen LogP contribution in [0.5, 0.6) is 0 Å². The molecule has 0 aromatic rings. The molecule has 1 aliphatic rings. The van der Waals surface area contributed by atoms with Crippen molar-refractivity contribution in [2.45, 2.75) is 72.0 Å². The summed E-state index contributed by atoms with van der Waals surface area (Å²) in [6, 6.07) is 0. The lowest BCUT2D eigenvalue weighted by atomic mass is 9.96. The molecule has 1 fully saturated rings. The Hall–Kier alpha value is -1.61. The number of esters is 1. The van der Waals surface area contributed by atoms with Crippen molar-refractivity contribution in [2.75, 3.05) is 6.61 Å². The first-order valence-corrected chi connectivity index (χ1v) is 8.46. The molecular weight excluding hydrogens is 296 g/mol. The summed E-state index contributed by atoms with van der Waals surface area (Å²) < 4.78 is 11.0. The van der Waals surface area contributed by atoms with E-state index in [-0.39, 0.29) is 30.7 Å². The summed E-state index contributed by atoms with van der Waals surface area (Å²) in [5.74, 6) is -0.974. The van der Waals surface area contributed by atoms with Crippen molar-refractivity contribution in [3.8, 4) is 0 Å². The van der Waals surface area contributed by atoms with E-state index in [9.17, 15) is 9.90 Å². The molecular formula is C17H29N2O4+. The first kappa shape index (κ1) is 19.4. The molecule has 1 N–H and O–H groups in total. The zero-order valence-corrected chi connectivity index (χ0v) is 14.6. The van der Waals surface area contributed by atoms with Crippen LogP contribution in [-0.2, 0) is 14.3 Å². The summed E-state index contributed by atoms with van der Waals surface area (Å²) in [4.78, 5) is 15.0. The topological polar surface area (TPSA) is 83.9 Å². The van der Waals surface area contributed by atoms with E-state index in [1.165, 1.54) is 6.42 Å². The van der Waals surface area contributed by atoms with Crippen LogP contribution in [0.1, 0.15) is 59.8 Å². The van der Waals surface area contributed by atoms with Crippen LogP contribution in [0.2, 0.25) is 0 Å². The Morgan fingerprint density at radius 1 is 1.17 bits per heavy atom. The maximum atomic E-state index is 12.1. The second-order valence-electron chi connectivity index (χ2n) is 6.82. The van der Waals surface area contributed by atoms with E-state index >= 15 is 0 Å². The highest BCUT2D eigenvalue weighted by Gasteiger charge is 2.35. The van der Waals surface area contributed by atoms with Crippen LogP contribution in [-0.4, -0.2) is 29.9 Å². The fourth-order valence-corrected chi connectivity index (χ4v) is 2.93. The van der Waals surface area contributed by atoms with Crippen molar-refractivity contribution in [3.63, 3.8) is 0 Å². The fraction of sp³-hybridized carbons (Fsp3) is 0.824. The number of diazo groups is 1. The van der Waals surface area contributed by atoms with Gasteiger partial charge in [-0.2, -0.15) is 0 Å². The van der Waals surface area contributed by atoms with Gasteiger partial charge in [0.25, 0.3) is 0 Å². The van der Waals surface area contributed by atoms with Gasteiger partial charge in [0.1, 0.15) is 12.7 Å². The third-order valence-electron chi connectivity index (χ3n) is 4.13. The molecule has 1 aliphatic carbocycles. The Kier molecular flexibility index (Phi) is 8.04. The number of carbonyl (C=O) groups excluding carboxylic acids is 1. The molecule has 6 heteroatoms. The SMILES string of the molecule is CC(C)C(OC(=O)/C([N+]#N)=C(\O)COC1CCCCC1)C(C)C. The Balaban J connectivity index is 2.67. The maximum Gasteiger partial charge on any atom is 0.507 e. The van der Waals surface area contributed by atoms with Crippen LogP contribution in [0.4, 0.5) is 0 Å². The van der Waals surface area contributed by atoms with Gasteiger partial charge in [-0.15, -0.1) is 0 Å². The molecule has 0 radical (unpaired) electrons. The molecule has 0 unspecified atom stereocenters. The van der Waals surface area contributed by atoms with E-state index in [0.29, 0.717) is 0 Å². The number of hydrogen-bond acceptors (Lipinski definition) is 5. The third kappa shape index (κ3) is 6.19. The summed E-state index contributed by atoms with van der Waals surface area (Å²) in [6.45, 7) is 7.65. The van der Waals surface area contributed by atoms with Crippen molar-refractivity contribution in [1.82, 2.24) is 0 Å². The van der Waals surface area contributed by atoms with Gasteiger partial charge < -0.3 is 14.6 Å². The zero-order valence-electron chi connectivity index (χ0n) is 14.6. The minimum Gasteiger partial charge on any atom is -0.503 e. The van der Waals surface area contributed by atoms with E-state index in [2.05, 4.69) is 4.98 Å². The molecule has 0 aromatic heterocycles. The Morgan fingerprint density at radius 2 is 1.74 bits per heavy atom. The predicted octanol–water partition coefficient (Wildman–Crippen LogP) is 4.18. The minimum absolute atomic E-state index is 0.0842. The normalized spacial score (nSPS) is 17.3. The van der Waals surface area contributed by atoms with Crippen LogP contribution >= 0.6 is 0 Å². The zero-order chi connectivity index (χ0) is 17.4. The largest absolute Gasteiger partial charge is 0.507 e. The number of aliphatic hydroxyl groups is 1. The summed E-state index contributed by atoms with van der Waals surface area (Å²) in [7, 11) is 0. The van der Waals surface area contributed by atoms with Crippen LogP contribution in [0.25, 0.3) is 4.98 Å². The van der Waals surface area contributed by atoms with Gasteiger partial charge in [-0.25, -0.2) is 4.79 Å². The van der Waals surface area contributed by atoms with Gasteiger partial charge in [-0.3, -0.25) is 0 Å². The van der Waals surface area contributed by atoms with E-state index in [0.717, 1.165) is 25.7 Å². The molecule has 6 nitrogen and oxygen atoms in total. The van der Waals surface area contributed by atoms with Crippen LogP contribution in [0.15, 0.2) is 11.5 Å². The van der Waals surface area contributed by atoms with Gasteiger partial charge in [0.15, 0.2) is 4.98 Å². The standard InChI is InChI=1S/C17H28N2O4/c1-11(2)16(12(3)4)23-17(21)15(19-18)14(20)10-22-13-8-6-5-7-9-13/h11-13,16H,5-10H2,1-4H3/p+1. The summed E-state index contributed by atoms with van der Waals surface area (Å²) in [5, 5.41) is 19.0. The van der Waals surface area contributed by atoms with Gasteiger partial charge in [-0.05, 0) is 24.7 Å². The first-order valence-electron chi connectivity index (χ1n) is 8.46. The van der Waals surface area contributed by atoms with Gasteiger partial charge in [-0.1, -0.05) is 47.0 Å². The Bertz CT molecular complexity index is 452. The predicted molar refractivity (Wildman–Crippen MR) is 87.1 cm³/mol. The van der Waals surface area contributed by atoms with Crippen molar-refractivity contribution in [1.29, 1.82) is 5.39 Å². The lowest BCUT2D eigenvalue weighted by molar-refractivity contribution is -0.149. The lowest BCUT2D eigenvalue weighted by Crippen LogP contribution is -2.29. The van der Waals surface area contributed by atoms with Crippen LogP contribution in [0.3, 0.4) is 0 Å². The number of ether oxygens (including phenoxy) is 2. The molecule has 0 heterocycles. The van der Waals surface area contributed by atoms with Crippen molar-refractivity contribution in [3.05, 3.63) is 16.4 Å². The van der Waals surface area contributed by atoms with Gasteiger partial charge in [0.2, 0.25) is 11.2 Å². The highest BCUT2D eigenvalue weighted by atomic mass is 16.5. The van der Waals surface area contributed by atoms with Gasteiger partial charge in [0, 0.05) is 0 Å². The molecule has 0 aromatic carbocycles. The van der Waals surface area contributed by atoms with Gasteiger partial charge >= 0.3 is 11.7 Å². The number of aliphatic hydroxyl groups excluding tert-OH is 1. The van der Waals surface area contributed by atoms with E-state index < -0.39 is 17.4 Å². The van der Waals surface area contributed by atoms with Crippen LogP contribution in [0, 0.1) is 17.2 Å².